The van der Waals surface area contributed by atoms with Crippen LogP contribution in [0.4, 0.5) is 21.5 Å². The summed E-state index contributed by atoms with van der Waals surface area (Å²) in [7, 11) is 0. The van der Waals surface area contributed by atoms with Crippen LogP contribution in [0, 0.1) is 26.2 Å². The Bertz CT molecular complexity index is 1410. The highest BCUT2D eigenvalue weighted by molar-refractivity contribution is 7.81. The molecule has 0 bridgehead atoms. The van der Waals surface area contributed by atoms with Gasteiger partial charge in [-0.1, -0.05) is 12.1 Å². The third-order valence-corrected chi connectivity index (χ3v) is 7.21. The zero-order valence-electron chi connectivity index (χ0n) is 19.5. The van der Waals surface area contributed by atoms with Crippen LogP contribution in [0.2, 0.25) is 0 Å². The van der Waals surface area contributed by atoms with Gasteiger partial charge in [-0.15, -0.1) is 11.3 Å². The molecule has 1 aromatic heterocycles. The van der Waals surface area contributed by atoms with Gasteiger partial charge >= 0.3 is 0 Å². The van der Waals surface area contributed by atoms with Crippen LogP contribution < -0.4 is 15.1 Å². The Morgan fingerprint density at radius 1 is 1.23 bits per heavy atom. The number of nitrogens with one attached hydrogen (secondary N) is 1. The molecule has 35 heavy (non-hydrogen) atoms. The molecule has 1 fully saturated rings. The zero-order chi connectivity index (χ0) is 25.5. The largest absolute Gasteiger partial charge is 0.347 e. The molecule has 2 aromatic carbocycles. The summed E-state index contributed by atoms with van der Waals surface area (Å²) in [5.41, 5.74) is 3.67. The third-order valence-electron chi connectivity index (χ3n) is 5.91. The number of anilines is 2. The van der Waals surface area contributed by atoms with Gasteiger partial charge in [0.1, 0.15) is 16.2 Å². The highest BCUT2D eigenvalue weighted by Crippen LogP contribution is 2.38. The molecule has 0 spiro atoms. The number of benzene rings is 2. The number of rotatable bonds is 5. The summed E-state index contributed by atoms with van der Waals surface area (Å²) in [5, 5.41) is 2.93. The lowest BCUT2D eigenvalue weighted by atomic mass is 10.0. The highest BCUT2D eigenvalue weighted by atomic mass is 32.1. The van der Waals surface area contributed by atoms with Gasteiger partial charge in [-0.05, 0) is 69.7 Å². The van der Waals surface area contributed by atoms with Crippen LogP contribution in [0.5, 0.6) is 0 Å². The quantitative estimate of drug-likeness (QED) is 0.375. The van der Waals surface area contributed by atoms with Crippen molar-refractivity contribution in [1.29, 1.82) is 0 Å². The van der Waals surface area contributed by atoms with Crippen LogP contribution in [0.1, 0.15) is 40.3 Å². The molecular weight excluding hydrogens is 485 g/mol. The molecule has 4 rings (SSSR count). The molecule has 0 atom stereocenters. The summed E-state index contributed by atoms with van der Waals surface area (Å²) in [6, 6.07) is 9.65. The topological polar surface area (TPSA) is 69.9 Å². The van der Waals surface area contributed by atoms with Gasteiger partial charge in [0.05, 0.1) is 17.8 Å². The van der Waals surface area contributed by atoms with Crippen molar-refractivity contribution in [2.24, 2.45) is 0 Å². The fourth-order valence-electron chi connectivity index (χ4n) is 3.95. The van der Waals surface area contributed by atoms with E-state index in [2.05, 4.69) is 15.1 Å². The van der Waals surface area contributed by atoms with Gasteiger partial charge in [-0.2, -0.15) is 0 Å². The second-order valence-electron chi connectivity index (χ2n) is 8.63. The number of thiocarbonyl (C=S) groups is 1. The first-order valence-corrected chi connectivity index (χ1v) is 12.0. The van der Waals surface area contributed by atoms with Gasteiger partial charge < -0.3 is 10.2 Å². The normalized spacial score (nSPS) is 14.9. The van der Waals surface area contributed by atoms with E-state index in [1.165, 1.54) is 22.3 Å². The van der Waals surface area contributed by atoms with Crippen molar-refractivity contribution in [2.45, 2.75) is 39.8 Å². The second-order valence-corrected chi connectivity index (χ2v) is 9.85. The Balaban J connectivity index is 1.59. The maximum absolute atomic E-state index is 15.1. The average molecular weight is 508 g/mol. The van der Waals surface area contributed by atoms with E-state index >= 15 is 4.39 Å². The smallest absolute Gasteiger partial charge is 0.263 e. The van der Waals surface area contributed by atoms with E-state index in [1.807, 2.05) is 0 Å². The summed E-state index contributed by atoms with van der Waals surface area (Å²) >= 11 is 6.89. The maximum atomic E-state index is 15.1. The minimum absolute atomic E-state index is 0.00780. The zero-order valence-corrected chi connectivity index (χ0v) is 21.2. The van der Waals surface area contributed by atoms with E-state index in [0.717, 1.165) is 5.56 Å². The maximum Gasteiger partial charge on any atom is 0.263 e. The first-order chi connectivity index (χ1) is 16.6. The predicted octanol–water partition coefficient (Wildman–Crippen LogP) is 5.30. The molecule has 1 aliphatic heterocycles. The van der Waals surface area contributed by atoms with Crippen LogP contribution in [0.15, 0.2) is 41.9 Å². The van der Waals surface area contributed by atoms with Crippen molar-refractivity contribution >= 4 is 57.5 Å². The van der Waals surface area contributed by atoms with Crippen LogP contribution in [-0.2, 0) is 11.3 Å². The Morgan fingerprint density at radius 2 is 1.94 bits per heavy atom. The second kappa shape index (κ2) is 9.17. The molecule has 2 heterocycles. The monoisotopic (exact) mass is 507 g/mol. The molecule has 0 radical (unpaired) electrons. The minimum Gasteiger partial charge on any atom is -0.347 e. The van der Waals surface area contributed by atoms with Gasteiger partial charge in [0, 0.05) is 23.5 Å². The molecule has 178 valence electrons. The fourth-order valence-corrected chi connectivity index (χ4v) is 5.20. The lowest BCUT2D eigenvalue weighted by Gasteiger charge is -2.29. The molecule has 0 unspecified atom stereocenters. The van der Waals surface area contributed by atoms with E-state index in [1.54, 1.807) is 68.4 Å². The average Bonchev–Trinajstić information content (AvgIpc) is 3.31. The van der Waals surface area contributed by atoms with Crippen molar-refractivity contribution in [3.05, 3.63) is 80.8 Å². The van der Waals surface area contributed by atoms with Crippen LogP contribution in [-0.4, -0.2) is 27.4 Å². The first kappa shape index (κ1) is 24.4. The number of aromatic nitrogens is 1. The van der Waals surface area contributed by atoms with E-state index in [-0.39, 0.29) is 23.5 Å². The molecule has 10 heteroatoms. The Kier molecular flexibility index (Phi) is 6.40. The predicted molar refractivity (Wildman–Crippen MR) is 139 cm³/mol. The van der Waals surface area contributed by atoms with Crippen LogP contribution in [0.25, 0.3) is 4.85 Å². The highest BCUT2D eigenvalue weighted by Gasteiger charge is 2.50. The van der Waals surface area contributed by atoms with Crippen molar-refractivity contribution < 1.29 is 14.0 Å². The van der Waals surface area contributed by atoms with Crippen molar-refractivity contribution in [3.63, 3.8) is 0 Å². The SMILES string of the molecule is [C-]#[N+]c1ccc(N2C(=O)C(C)(C)N(c3ccc(CNC(=O)c4scnc4C)c(F)c3)C2=S)cc1C. The molecule has 0 saturated carbocycles. The van der Waals surface area contributed by atoms with E-state index < -0.39 is 11.4 Å². The number of halogens is 1. The minimum atomic E-state index is -1.06. The van der Waals surface area contributed by atoms with E-state index in [9.17, 15) is 9.59 Å². The molecular formula is C25H22FN5O2S2. The van der Waals surface area contributed by atoms with Gasteiger partial charge in [0.25, 0.3) is 11.8 Å². The summed E-state index contributed by atoms with van der Waals surface area (Å²) in [6.45, 7) is 14.2. The molecule has 1 aliphatic rings. The van der Waals surface area contributed by atoms with Gasteiger partial charge in [0.15, 0.2) is 10.8 Å². The van der Waals surface area contributed by atoms with E-state index in [0.29, 0.717) is 33.2 Å². The number of nitrogens with zero attached hydrogens (tertiary/aromatic N) is 4. The molecule has 7 nitrogen and oxygen atoms in total. The van der Waals surface area contributed by atoms with Crippen LogP contribution >= 0.6 is 23.6 Å². The molecule has 0 aliphatic carbocycles. The number of hydrogen-bond acceptors (Lipinski definition) is 5. The summed E-state index contributed by atoms with van der Waals surface area (Å²) in [5.74, 6) is -1.09. The van der Waals surface area contributed by atoms with Gasteiger partial charge in [0.2, 0.25) is 0 Å². The Labute approximate surface area is 212 Å². The molecule has 1 saturated heterocycles. The van der Waals surface area contributed by atoms with E-state index in [4.69, 9.17) is 18.8 Å². The Morgan fingerprint density at radius 3 is 2.54 bits per heavy atom. The number of carbonyl (C=O) groups excluding carboxylic acids is 2. The number of aryl methyl sites for hydroxylation is 2. The third kappa shape index (κ3) is 4.29. The Hall–Kier alpha value is -3.68. The molecule has 3 aromatic rings. The van der Waals surface area contributed by atoms with Crippen LogP contribution in [0.3, 0.4) is 0 Å². The summed E-state index contributed by atoms with van der Waals surface area (Å²) < 4.78 is 15.1. The van der Waals surface area contributed by atoms with Crippen molar-refractivity contribution in [2.75, 3.05) is 9.80 Å². The lowest BCUT2D eigenvalue weighted by Crippen LogP contribution is -2.44. The lowest BCUT2D eigenvalue weighted by molar-refractivity contribution is -0.120. The molecule has 1 N–H and O–H groups in total. The number of carbonyl (C=O) groups is 2. The first-order valence-electron chi connectivity index (χ1n) is 10.7. The van der Waals surface area contributed by atoms with Gasteiger partial charge in [-0.3, -0.25) is 14.5 Å². The standard InChI is InChI=1S/C25H22FN5O2S2/c1-14-10-17(8-9-20(14)27-5)30-23(33)25(3,4)31(24(30)34)18-7-6-16(19(26)11-18)12-28-22(32)21-15(2)29-13-35-21/h6-11,13H,12H2,1-4H3,(H,28,32). The fraction of sp³-hybridized carbons (Fsp3) is 0.240. The number of thiazole rings is 1. The van der Waals surface area contributed by atoms with Crippen molar-refractivity contribution in [1.82, 2.24) is 10.3 Å². The summed E-state index contributed by atoms with van der Waals surface area (Å²) in [6.07, 6.45) is 0. The molecule has 2 amide bonds. The van der Waals surface area contributed by atoms with Crippen molar-refractivity contribution in [3.8, 4) is 0 Å². The summed E-state index contributed by atoms with van der Waals surface area (Å²) in [4.78, 5) is 36.7. The number of amides is 2. The van der Waals surface area contributed by atoms with Gasteiger partial charge in [-0.25, -0.2) is 14.2 Å². The number of hydrogen-bond donors (Lipinski definition) is 1.